The second kappa shape index (κ2) is 17.4. The number of hydrogen-bond acceptors (Lipinski definition) is 4. The average Bonchev–Trinajstić information content (AvgIpc) is 3.72. The average molecular weight is 495 g/mol. The Labute approximate surface area is 213 Å². The van der Waals surface area contributed by atoms with Crippen molar-refractivity contribution in [2.75, 3.05) is 14.1 Å². The van der Waals surface area contributed by atoms with E-state index in [1.165, 1.54) is 36.0 Å². The van der Waals surface area contributed by atoms with Gasteiger partial charge in [0, 0.05) is 31.0 Å². The minimum absolute atomic E-state index is 0.417. The highest BCUT2D eigenvalue weighted by molar-refractivity contribution is 7.19. The van der Waals surface area contributed by atoms with Gasteiger partial charge in [0.2, 0.25) is 0 Å². The standard InChI is InChI=1S/C12H18NP.C11H9N3O2.C3H6.C2H6/c1-4-10-5-6-11(8-13(2)3)12(7-10)9-14;15-10-9(13-11(16)14-10)5-4-8-3-1-2-6-12-7-8;1-2-3-1;1-2/h5-7,9,14H,4,8H2,1-3H3;1,3,6-7,9H,2H2,(H2,13,14,15,16);1-3H2;1-2H3. The molecule has 3 amide bonds. The zero-order valence-electron chi connectivity index (χ0n) is 21.6. The molecule has 2 heterocycles. The van der Waals surface area contributed by atoms with Crippen molar-refractivity contribution in [1.29, 1.82) is 0 Å². The number of carbonyl (C=O) groups is 2. The van der Waals surface area contributed by atoms with E-state index >= 15 is 0 Å². The first-order chi connectivity index (χ1) is 16.9. The van der Waals surface area contributed by atoms with Crippen LogP contribution in [0, 0.1) is 11.8 Å². The Hall–Kier alpha value is -3.00. The summed E-state index contributed by atoms with van der Waals surface area (Å²) in [7, 11) is 7.64. The third kappa shape index (κ3) is 12.9. The van der Waals surface area contributed by atoms with Crippen LogP contribution in [0.1, 0.15) is 63.1 Å². The van der Waals surface area contributed by atoms with Crippen LogP contribution in [-0.2, 0) is 17.8 Å². The normalized spacial score (nSPS) is 16.9. The van der Waals surface area contributed by atoms with E-state index in [9.17, 15) is 9.59 Å². The molecule has 6 nitrogen and oxygen atoms in total. The predicted molar refractivity (Wildman–Crippen MR) is 150 cm³/mol. The molecule has 0 bridgehead atoms. The minimum Gasteiger partial charge on any atom is -0.316 e. The van der Waals surface area contributed by atoms with Crippen molar-refractivity contribution in [3.8, 4) is 11.8 Å². The highest BCUT2D eigenvalue weighted by Crippen LogP contribution is 2.15. The van der Waals surface area contributed by atoms with Crippen LogP contribution in [0.3, 0.4) is 0 Å². The van der Waals surface area contributed by atoms with Crippen LogP contribution in [0.5, 0.6) is 0 Å². The molecule has 4 rings (SSSR count). The Morgan fingerprint density at radius 3 is 2.46 bits per heavy atom. The first-order valence-corrected chi connectivity index (χ1v) is 12.8. The van der Waals surface area contributed by atoms with Gasteiger partial charge in [0.15, 0.2) is 6.04 Å². The Morgan fingerprint density at radius 1 is 1.20 bits per heavy atom. The van der Waals surface area contributed by atoms with Gasteiger partial charge in [-0.05, 0) is 49.1 Å². The second-order valence-corrected chi connectivity index (χ2v) is 8.34. The number of aryl methyl sites for hydroxylation is 1. The molecule has 35 heavy (non-hydrogen) atoms. The molecular weight excluding hydrogens is 455 g/mol. The summed E-state index contributed by atoms with van der Waals surface area (Å²) < 4.78 is 0. The zero-order valence-corrected chi connectivity index (χ0v) is 22.6. The molecule has 1 atom stereocenters. The van der Waals surface area contributed by atoms with Crippen LogP contribution >= 0.6 is 8.86 Å². The number of carbonyl (C=O) groups excluding carboxylic acids is 2. The predicted octanol–water partition coefficient (Wildman–Crippen LogP) is 4.91. The van der Waals surface area contributed by atoms with E-state index in [2.05, 4.69) is 80.4 Å². The largest absolute Gasteiger partial charge is 0.322 e. The van der Waals surface area contributed by atoms with Crippen LogP contribution in [0.2, 0.25) is 0 Å². The number of hydrogen-bond donors (Lipinski definition) is 2. The summed E-state index contributed by atoms with van der Waals surface area (Å²) in [6.45, 7) is 7.17. The summed E-state index contributed by atoms with van der Waals surface area (Å²) in [6.07, 6.45) is 13.5. The lowest BCUT2D eigenvalue weighted by molar-refractivity contribution is -0.119. The van der Waals surface area contributed by atoms with Gasteiger partial charge in [-0.15, -0.1) is 8.86 Å². The van der Waals surface area contributed by atoms with Crippen molar-refractivity contribution in [2.45, 2.75) is 65.5 Å². The molecule has 1 unspecified atom stereocenters. The molecule has 1 aromatic carbocycles. The van der Waals surface area contributed by atoms with Crippen LogP contribution in [0.25, 0.3) is 0 Å². The third-order valence-corrected chi connectivity index (χ3v) is 4.92. The number of rotatable bonds is 4. The fraction of sp³-hybridized carbons (Fsp3) is 0.429. The molecule has 1 saturated heterocycles. The second-order valence-electron chi connectivity index (χ2n) is 8.05. The van der Waals surface area contributed by atoms with Gasteiger partial charge in [0.1, 0.15) is 0 Å². The summed E-state index contributed by atoms with van der Waals surface area (Å²) in [5.74, 6) is 7.04. The molecule has 1 saturated carbocycles. The Kier molecular flexibility index (Phi) is 15.0. The number of imide groups is 1. The van der Waals surface area contributed by atoms with Crippen LogP contribution in [-0.4, -0.2) is 49.0 Å². The quantitative estimate of drug-likeness (QED) is 0.355. The number of aliphatic imine (C=N–C) groups is 1. The molecule has 1 aromatic rings. The summed E-state index contributed by atoms with van der Waals surface area (Å²) in [6, 6.07) is 5.39. The molecule has 0 aromatic heterocycles. The summed E-state index contributed by atoms with van der Waals surface area (Å²) in [5, 5.41) is 4.50. The fourth-order valence-electron chi connectivity index (χ4n) is 2.72. The van der Waals surface area contributed by atoms with Gasteiger partial charge in [-0.3, -0.25) is 15.1 Å². The van der Waals surface area contributed by atoms with Gasteiger partial charge in [-0.1, -0.05) is 76.1 Å². The van der Waals surface area contributed by atoms with Crippen LogP contribution in [0.15, 0.2) is 47.1 Å². The lowest BCUT2D eigenvalue weighted by Gasteiger charge is -2.13. The van der Waals surface area contributed by atoms with Crippen molar-refractivity contribution >= 4 is 32.8 Å². The van der Waals surface area contributed by atoms with Crippen molar-refractivity contribution < 1.29 is 9.59 Å². The van der Waals surface area contributed by atoms with Crippen molar-refractivity contribution in [1.82, 2.24) is 15.5 Å². The first kappa shape index (κ1) is 30.0. The molecule has 1 aliphatic carbocycles. The highest BCUT2D eigenvalue weighted by atomic mass is 31.0. The number of nitrogens with zero attached hydrogens (tertiary/aromatic N) is 2. The number of benzene rings is 1. The lowest BCUT2D eigenvalue weighted by Crippen LogP contribution is -2.26. The maximum atomic E-state index is 11.2. The number of urea groups is 1. The van der Waals surface area contributed by atoms with Crippen LogP contribution in [0.4, 0.5) is 4.79 Å². The molecule has 7 heteroatoms. The van der Waals surface area contributed by atoms with E-state index in [1.54, 1.807) is 12.4 Å². The van der Waals surface area contributed by atoms with Gasteiger partial charge in [-0.25, -0.2) is 4.79 Å². The Bertz CT molecular complexity index is 995. The fourth-order valence-corrected chi connectivity index (χ4v) is 2.99. The molecule has 188 valence electrons. The zero-order chi connectivity index (χ0) is 26.1. The van der Waals surface area contributed by atoms with Gasteiger partial charge < -0.3 is 10.2 Å². The summed E-state index contributed by atoms with van der Waals surface area (Å²) in [4.78, 5) is 28.1. The molecule has 2 N–H and O–H groups in total. The minimum atomic E-state index is -0.769. The maximum Gasteiger partial charge on any atom is 0.322 e. The van der Waals surface area contributed by atoms with Gasteiger partial charge in [-0.2, -0.15) is 0 Å². The molecular formula is C28H39N4O2P. The molecule has 2 aliphatic heterocycles. The van der Waals surface area contributed by atoms with E-state index in [0.29, 0.717) is 5.57 Å². The Morgan fingerprint density at radius 2 is 1.91 bits per heavy atom. The smallest absolute Gasteiger partial charge is 0.316 e. The first-order valence-electron chi connectivity index (χ1n) is 12.2. The van der Waals surface area contributed by atoms with E-state index in [0.717, 1.165) is 19.4 Å². The summed E-state index contributed by atoms with van der Waals surface area (Å²) in [5.41, 5.74) is 4.75. The van der Waals surface area contributed by atoms with Crippen LogP contribution < -0.4 is 10.6 Å². The molecule has 0 radical (unpaired) electrons. The monoisotopic (exact) mass is 494 g/mol. The SMILES string of the molecule is C1CC1.CC.CCc1ccc(CN(C)C)c(C=P)c1.O=C1NC(=O)C(C#CC2=CN=CCC=C2)N1. The van der Waals surface area contributed by atoms with Gasteiger partial charge in [0.05, 0.1) is 0 Å². The van der Waals surface area contributed by atoms with E-state index in [1.807, 2.05) is 31.8 Å². The third-order valence-electron chi connectivity index (χ3n) is 4.61. The van der Waals surface area contributed by atoms with E-state index in [-0.39, 0.29) is 0 Å². The molecule has 3 aliphatic rings. The lowest BCUT2D eigenvalue weighted by atomic mass is 10.0. The molecule has 2 fully saturated rings. The van der Waals surface area contributed by atoms with Gasteiger partial charge in [0.25, 0.3) is 5.91 Å². The number of nitrogens with one attached hydrogen (secondary N) is 2. The van der Waals surface area contributed by atoms with E-state index in [4.69, 9.17) is 0 Å². The van der Waals surface area contributed by atoms with E-state index < -0.39 is 18.0 Å². The Balaban J connectivity index is 0.000000295. The highest BCUT2D eigenvalue weighted by Gasteiger charge is 2.27. The van der Waals surface area contributed by atoms with Crippen molar-refractivity contribution in [3.63, 3.8) is 0 Å². The topological polar surface area (TPSA) is 73.8 Å². The number of amides is 3. The number of allylic oxidation sites excluding steroid dienone is 3. The molecule has 0 spiro atoms. The van der Waals surface area contributed by atoms with Crippen molar-refractivity contribution in [2.24, 2.45) is 4.99 Å². The summed E-state index contributed by atoms with van der Waals surface area (Å²) >= 11 is 0. The van der Waals surface area contributed by atoms with Crippen molar-refractivity contribution in [3.05, 3.63) is 58.8 Å². The van der Waals surface area contributed by atoms with Gasteiger partial charge >= 0.3 is 6.03 Å². The maximum absolute atomic E-state index is 11.2.